The van der Waals surface area contributed by atoms with E-state index in [1.54, 1.807) is 20.8 Å². The van der Waals surface area contributed by atoms with Gasteiger partial charge in [-0.1, -0.05) is 0 Å². The van der Waals surface area contributed by atoms with E-state index in [0.29, 0.717) is 52.9 Å². The van der Waals surface area contributed by atoms with E-state index < -0.39 is 11.6 Å². The van der Waals surface area contributed by atoms with Crippen molar-refractivity contribution in [1.29, 1.82) is 0 Å². The lowest BCUT2D eigenvalue weighted by Crippen LogP contribution is -2.33. The molecule has 0 unspecified atom stereocenters. The Hall–Kier alpha value is -1.85. The van der Waals surface area contributed by atoms with E-state index in [0.717, 1.165) is 4.90 Å². The monoisotopic (exact) mass is 431 g/mol. The van der Waals surface area contributed by atoms with Gasteiger partial charge in [0.15, 0.2) is 0 Å². The molecule has 1 aliphatic heterocycles. The Morgan fingerprint density at radius 2 is 1.13 bits per heavy atom. The smallest absolute Gasteiger partial charge is 0.332 e. The molecule has 1 rings (SSSR count). The summed E-state index contributed by atoms with van der Waals surface area (Å²) in [5.74, 6) is -1.02. The summed E-state index contributed by atoms with van der Waals surface area (Å²) in [6.45, 7) is 8.97. The Balaban J connectivity index is 1.76. The van der Waals surface area contributed by atoms with Crippen LogP contribution in [0.25, 0.3) is 0 Å². The van der Waals surface area contributed by atoms with E-state index >= 15 is 0 Å². The molecule has 1 aliphatic rings. The summed E-state index contributed by atoms with van der Waals surface area (Å²) in [6, 6.07) is 0. The zero-order chi connectivity index (χ0) is 22.2. The molecular formula is C20H33NO9. The third-order valence-corrected chi connectivity index (χ3v) is 3.49. The van der Waals surface area contributed by atoms with Crippen LogP contribution in [0.1, 0.15) is 20.8 Å². The highest BCUT2D eigenvalue weighted by Crippen LogP contribution is 2.06. The molecule has 0 spiro atoms. The van der Waals surface area contributed by atoms with Crippen LogP contribution in [0.3, 0.4) is 0 Å². The summed E-state index contributed by atoms with van der Waals surface area (Å²) in [6.07, 6.45) is 2.49. The second-order valence-corrected chi connectivity index (χ2v) is 7.25. The second-order valence-electron chi connectivity index (χ2n) is 7.25. The molecule has 0 fully saturated rings. The summed E-state index contributed by atoms with van der Waals surface area (Å²) in [5, 5.41) is 0. The first-order valence-electron chi connectivity index (χ1n) is 9.94. The highest BCUT2D eigenvalue weighted by Gasteiger charge is 2.22. The molecule has 10 heteroatoms. The van der Waals surface area contributed by atoms with Crippen molar-refractivity contribution in [2.24, 2.45) is 0 Å². The first-order chi connectivity index (χ1) is 14.3. The van der Waals surface area contributed by atoms with Gasteiger partial charge < -0.3 is 28.4 Å². The van der Waals surface area contributed by atoms with Gasteiger partial charge in [-0.05, 0) is 20.8 Å². The van der Waals surface area contributed by atoms with Crippen molar-refractivity contribution in [3.63, 3.8) is 0 Å². The average molecular weight is 431 g/mol. The van der Waals surface area contributed by atoms with Crippen LogP contribution in [0.4, 0.5) is 0 Å². The fourth-order valence-electron chi connectivity index (χ4n) is 2.21. The molecule has 0 aromatic heterocycles. The zero-order valence-electron chi connectivity index (χ0n) is 18.1. The molecule has 0 saturated carbocycles. The van der Waals surface area contributed by atoms with E-state index in [2.05, 4.69) is 0 Å². The number of hydrogen-bond donors (Lipinski definition) is 0. The van der Waals surface area contributed by atoms with E-state index in [9.17, 15) is 14.4 Å². The Kier molecular flexibility index (Phi) is 13.1. The number of nitrogens with zero attached hydrogens (tertiary/aromatic N) is 1. The molecule has 0 radical (unpaired) electrons. The number of amides is 2. The van der Waals surface area contributed by atoms with Crippen molar-refractivity contribution in [3.05, 3.63) is 12.2 Å². The summed E-state index contributed by atoms with van der Waals surface area (Å²) in [5.41, 5.74) is -0.514. The standard InChI is InChI=1S/C20H33NO9/c1-20(2,3)30-19(24)16-29-15-14-28-13-12-27-11-10-26-9-8-25-7-6-21-17(22)4-5-18(21)23/h4-5H,6-16H2,1-3H3. The molecule has 1 heterocycles. The molecule has 0 bridgehead atoms. The molecule has 0 aliphatic carbocycles. The number of esters is 1. The highest BCUT2D eigenvalue weighted by atomic mass is 16.6. The van der Waals surface area contributed by atoms with Gasteiger partial charge in [0.1, 0.15) is 12.2 Å². The number of hydrogen-bond acceptors (Lipinski definition) is 9. The third kappa shape index (κ3) is 13.4. The number of ether oxygens (including phenoxy) is 6. The topological polar surface area (TPSA) is 110 Å². The van der Waals surface area contributed by atoms with Gasteiger partial charge in [-0.25, -0.2) is 4.79 Å². The lowest BCUT2D eigenvalue weighted by Gasteiger charge is -2.19. The lowest BCUT2D eigenvalue weighted by molar-refractivity contribution is -0.160. The Bertz CT molecular complexity index is 539. The number of rotatable bonds is 17. The van der Waals surface area contributed by atoms with Crippen molar-refractivity contribution in [3.8, 4) is 0 Å². The third-order valence-electron chi connectivity index (χ3n) is 3.49. The van der Waals surface area contributed by atoms with E-state index in [-0.39, 0.29) is 31.6 Å². The second kappa shape index (κ2) is 15.0. The summed E-state index contributed by atoms with van der Waals surface area (Å²) < 4.78 is 31.6. The summed E-state index contributed by atoms with van der Waals surface area (Å²) in [7, 11) is 0. The van der Waals surface area contributed by atoms with Gasteiger partial charge in [-0.15, -0.1) is 0 Å². The van der Waals surface area contributed by atoms with Gasteiger partial charge in [-0.2, -0.15) is 0 Å². The predicted octanol–water partition coefficient (Wildman–Crippen LogP) is 0.336. The van der Waals surface area contributed by atoms with Crippen molar-refractivity contribution in [2.75, 3.05) is 72.6 Å². The van der Waals surface area contributed by atoms with Gasteiger partial charge in [0.2, 0.25) is 0 Å². The Morgan fingerprint density at radius 3 is 1.57 bits per heavy atom. The van der Waals surface area contributed by atoms with E-state index in [1.165, 1.54) is 12.2 Å². The summed E-state index contributed by atoms with van der Waals surface area (Å²) in [4.78, 5) is 35.2. The number of carbonyl (C=O) groups excluding carboxylic acids is 3. The molecule has 0 aromatic rings. The Labute approximate surface area is 177 Å². The lowest BCUT2D eigenvalue weighted by atomic mass is 10.2. The van der Waals surface area contributed by atoms with Crippen LogP contribution in [0.2, 0.25) is 0 Å². The van der Waals surface area contributed by atoms with Crippen molar-refractivity contribution < 1.29 is 42.8 Å². The summed E-state index contributed by atoms with van der Waals surface area (Å²) >= 11 is 0. The van der Waals surface area contributed by atoms with E-state index in [4.69, 9.17) is 28.4 Å². The van der Waals surface area contributed by atoms with Crippen LogP contribution < -0.4 is 0 Å². The number of imide groups is 1. The minimum absolute atomic E-state index is 0.0934. The highest BCUT2D eigenvalue weighted by molar-refractivity contribution is 6.12. The first kappa shape index (κ1) is 26.2. The minimum atomic E-state index is -0.514. The number of carbonyl (C=O) groups is 3. The molecule has 0 aromatic carbocycles. The van der Waals surface area contributed by atoms with Crippen LogP contribution in [0.15, 0.2) is 12.2 Å². The van der Waals surface area contributed by atoms with Gasteiger partial charge in [0.05, 0.1) is 66.0 Å². The van der Waals surface area contributed by atoms with Gasteiger partial charge in [0, 0.05) is 12.2 Å². The quantitative estimate of drug-likeness (QED) is 0.183. The molecule has 0 saturated heterocycles. The predicted molar refractivity (Wildman–Crippen MR) is 106 cm³/mol. The van der Waals surface area contributed by atoms with Crippen molar-refractivity contribution >= 4 is 17.8 Å². The van der Waals surface area contributed by atoms with Crippen LogP contribution >= 0.6 is 0 Å². The van der Waals surface area contributed by atoms with Gasteiger partial charge >= 0.3 is 5.97 Å². The SMILES string of the molecule is CC(C)(C)OC(=O)COCCOCCOCCOCCOCCN1C(=O)C=CC1=O. The maximum atomic E-state index is 11.4. The fraction of sp³-hybridized carbons (Fsp3) is 0.750. The maximum Gasteiger partial charge on any atom is 0.332 e. The largest absolute Gasteiger partial charge is 0.458 e. The normalized spacial score (nSPS) is 14.0. The molecule has 172 valence electrons. The molecule has 30 heavy (non-hydrogen) atoms. The van der Waals surface area contributed by atoms with Crippen LogP contribution in [-0.2, 0) is 42.8 Å². The fourth-order valence-corrected chi connectivity index (χ4v) is 2.21. The molecule has 2 amide bonds. The molecule has 0 atom stereocenters. The molecular weight excluding hydrogens is 398 g/mol. The van der Waals surface area contributed by atoms with E-state index in [1.807, 2.05) is 0 Å². The van der Waals surface area contributed by atoms with Crippen LogP contribution in [0, 0.1) is 0 Å². The van der Waals surface area contributed by atoms with Gasteiger partial charge in [0.25, 0.3) is 11.8 Å². The Morgan fingerprint density at radius 1 is 0.733 bits per heavy atom. The van der Waals surface area contributed by atoms with Crippen molar-refractivity contribution in [1.82, 2.24) is 4.90 Å². The zero-order valence-corrected chi connectivity index (χ0v) is 18.1. The van der Waals surface area contributed by atoms with Crippen LogP contribution in [-0.4, -0.2) is 101 Å². The molecule has 10 nitrogen and oxygen atoms in total. The average Bonchev–Trinajstić information content (AvgIpc) is 2.98. The molecule has 0 N–H and O–H groups in total. The van der Waals surface area contributed by atoms with Crippen LogP contribution in [0.5, 0.6) is 0 Å². The van der Waals surface area contributed by atoms with Crippen molar-refractivity contribution in [2.45, 2.75) is 26.4 Å². The first-order valence-corrected chi connectivity index (χ1v) is 9.94. The maximum absolute atomic E-state index is 11.4. The van der Waals surface area contributed by atoms with Gasteiger partial charge in [-0.3, -0.25) is 14.5 Å². The minimum Gasteiger partial charge on any atom is -0.458 e.